The number of benzene rings is 4. The highest BCUT2D eigenvalue weighted by Crippen LogP contribution is 2.61. The fraction of sp³-hybridized carbons (Fsp3) is 0.257. The number of nitrogens with zero attached hydrogens (tertiary/aromatic N) is 2. The molecule has 0 bridgehead atoms. The topological polar surface area (TPSA) is 8.17 Å². The molecule has 5 aromatic rings. The molecular formula is C35H31BN2. The van der Waals surface area contributed by atoms with Gasteiger partial charge in [0.1, 0.15) is 0 Å². The van der Waals surface area contributed by atoms with E-state index >= 15 is 0 Å². The molecule has 3 heteroatoms. The summed E-state index contributed by atoms with van der Waals surface area (Å²) >= 11 is 0. The Hall–Kier alpha value is -3.72. The minimum atomic E-state index is 0.0848. The van der Waals surface area contributed by atoms with Crippen LogP contribution >= 0.6 is 0 Å². The molecule has 38 heavy (non-hydrogen) atoms. The average molecular weight is 490 g/mol. The van der Waals surface area contributed by atoms with E-state index in [0.29, 0.717) is 0 Å². The van der Waals surface area contributed by atoms with Crippen LogP contribution in [0.1, 0.15) is 50.7 Å². The number of hydrogen-bond donors (Lipinski definition) is 0. The smallest absolute Gasteiger partial charge is 0.252 e. The van der Waals surface area contributed by atoms with Crippen LogP contribution < -0.4 is 21.3 Å². The largest absolute Gasteiger partial charge is 0.335 e. The van der Waals surface area contributed by atoms with Gasteiger partial charge in [-0.2, -0.15) is 0 Å². The van der Waals surface area contributed by atoms with E-state index in [1.54, 1.807) is 5.56 Å². The first-order valence-electron chi connectivity index (χ1n) is 14.3. The zero-order chi connectivity index (χ0) is 25.4. The van der Waals surface area contributed by atoms with E-state index in [2.05, 4.69) is 115 Å². The number of anilines is 2. The molecule has 4 aromatic carbocycles. The third-order valence-electron chi connectivity index (χ3n) is 10.8. The summed E-state index contributed by atoms with van der Waals surface area (Å²) in [5.74, 6) is 0. The Bertz CT molecular complexity index is 1830. The van der Waals surface area contributed by atoms with Crippen molar-refractivity contribution in [1.29, 1.82) is 0 Å². The van der Waals surface area contributed by atoms with Crippen molar-refractivity contribution in [3.05, 3.63) is 96.1 Å². The average Bonchev–Trinajstić information content (AvgIpc) is 3.42. The second-order valence-corrected chi connectivity index (χ2v) is 12.6. The third-order valence-corrected chi connectivity index (χ3v) is 10.8. The Morgan fingerprint density at radius 2 is 1.53 bits per heavy atom. The number of rotatable bonds is 1. The second kappa shape index (κ2) is 6.83. The van der Waals surface area contributed by atoms with Gasteiger partial charge in [-0.05, 0) is 78.0 Å². The Morgan fingerprint density at radius 3 is 2.39 bits per heavy atom. The van der Waals surface area contributed by atoms with Crippen LogP contribution in [0.15, 0.2) is 84.9 Å². The number of fused-ring (bicyclic) bond motifs is 7. The molecule has 1 fully saturated rings. The van der Waals surface area contributed by atoms with Crippen molar-refractivity contribution in [1.82, 2.24) is 4.57 Å². The molecule has 1 aliphatic carbocycles. The maximum Gasteiger partial charge on any atom is 0.252 e. The summed E-state index contributed by atoms with van der Waals surface area (Å²) in [5, 5.41) is 1.33. The van der Waals surface area contributed by atoms with Crippen molar-refractivity contribution < 1.29 is 0 Å². The Morgan fingerprint density at radius 1 is 0.763 bits per heavy atom. The minimum Gasteiger partial charge on any atom is -0.335 e. The summed E-state index contributed by atoms with van der Waals surface area (Å²) in [4.78, 5) is 2.82. The number of hydrogen-bond acceptors (Lipinski definition) is 1. The van der Waals surface area contributed by atoms with Crippen molar-refractivity contribution in [2.24, 2.45) is 0 Å². The lowest BCUT2D eigenvalue weighted by Gasteiger charge is -2.52. The van der Waals surface area contributed by atoms with Crippen molar-refractivity contribution in [2.45, 2.75) is 57.4 Å². The van der Waals surface area contributed by atoms with Gasteiger partial charge in [0.2, 0.25) is 0 Å². The highest BCUT2D eigenvalue weighted by Gasteiger charge is 2.60. The lowest BCUT2D eigenvalue weighted by molar-refractivity contribution is 0.195. The first-order chi connectivity index (χ1) is 18.5. The molecule has 2 nitrogen and oxygen atoms in total. The fourth-order valence-electron chi connectivity index (χ4n) is 8.89. The predicted molar refractivity (Wildman–Crippen MR) is 161 cm³/mol. The van der Waals surface area contributed by atoms with E-state index in [-0.39, 0.29) is 17.7 Å². The van der Waals surface area contributed by atoms with E-state index < -0.39 is 0 Å². The summed E-state index contributed by atoms with van der Waals surface area (Å²) in [6, 6.07) is 32.5. The van der Waals surface area contributed by atoms with Gasteiger partial charge < -0.3 is 9.47 Å². The lowest BCUT2D eigenvalue weighted by Crippen LogP contribution is -2.64. The van der Waals surface area contributed by atoms with Gasteiger partial charge >= 0.3 is 0 Å². The summed E-state index contributed by atoms with van der Waals surface area (Å²) in [6.07, 6.45) is 5.14. The monoisotopic (exact) mass is 490 g/mol. The van der Waals surface area contributed by atoms with Crippen molar-refractivity contribution in [2.75, 3.05) is 4.90 Å². The molecule has 2 atom stereocenters. The molecule has 1 aromatic heterocycles. The van der Waals surface area contributed by atoms with Crippen LogP contribution in [0, 0.1) is 6.92 Å². The van der Waals surface area contributed by atoms with Gasteiger partial charge in [-0.15, -0.1) is 0 Å². The highest BCUT2D eigenvalue weighted by atomic mass is 15.3. The van der Waals surface area contributed by atoms with Crippen molar-refractivity contribution >= 4 is 45.4 Å². The van der Waals surface area contributed by atoms with Crippen LogP contribution in [-0.4, -0.2) is 16.8 Å². The number of aromatic nitrogens is 1. The Labute approximate surface area is 225 Å². The summed E-state index contributed by atoms with van der Waals surface area (Å²) < 4.78 is 2.58. The first-order valence-corrected chi connectivity index (χ1v) is 14.3. The Kier molecular flexibility index (Phi) is 3.82. The van der Waals surface area contributed by atoms with Crippen LogP contribution in [0.5, 0.6) is 0 Å². The van der Waals surface area contributed by atoms with Gasteiger partial charge in [-0.1, -0.05) is 86.5 Å². The van der Waals surface area contributed by atoms with Crippen molar-refractivity contribution in [3.63, 3.8) is 0 Å². The molecule has 4 heterocycles. The molecule has 0 N–H and O–H groups in total. The summed E-state index contributed by atoms with van der Waals surface area (Å²) in [7, 11) is 0. The fourth-order valence-corrected chi connectivity index (χ4v) is 8.89. The second-order valence-electron chi connectivity index (χ2n) is 12.6. The standard InChI is InChI=1S/C35H31BN2/c1-22-19-29-31-30(20-22)38-33-25(34(2)17-7-8-18-35(34,38)3)14-10-16-27(33)36(31)26-15-9-13-24-21-28(37(29)32(24)26)23-11-5-4-6-12-23/h4-6,9-16,19-21H,7-8,17-18H2,1-3H3. The molecule has 0 radical (unpaired) electrons. The molecule has 0 amide bonds. The maximum absolute atomic E-state index is 2.82. The molecule has 2 unspecified atom stereocenters. The summed E-state index contributed by atoms with van der Waals surface area (Å²) in [6.45, 7) is 7.66. The van der Waals surface area contributed by atoms with E-state index in [9.17, 15) is 0 Å². The van der Waals surface area contributed by atoms with Gasteiger partial charge in [-0.3, -0.25) is 0 Å². The van der Waals surface area contributed by atoms with E-state index in [0.717, 1.165) is 0 Å². The normalized spacial score (nSPS) is 23.9. The number of para-hydroxylation sites is 2. The SMILES string of the molecule is Cc1cc2c3c(c1)-n1c(-c4ccccc4)cc4cccc(c41)B3c1cccc3c1N2C1(C)CCCCC31C. The summed E-state index contributed by atoms with van der Waals surface area (Å²) in [5.41, 5.74) is 15.8. The third kappa shape index (κ3) is 2.26. The molecule has 3 aliphatic heterocycles. The molecule has 184 valence electrons. The molecule has 1 saturated carbocycles. The lowest BCUT2D eigenvalue weighted by atomic mass is 9.33. The van der Waals surface area contributed by atoms with E-state index in [4.69, 9.17) is 0 Å². The van der Waals surface area contributed by atoms with Crippen LogP contribution in [0.25, 0.3) is 27.8 Å². The van der Waals surface area contributed by atoms with Gasteiger partial charge in [0.15, 0.2) is 0 Å². The molecular weight excluding hydrogens is 459 g/mol. The van der Waals surface area contributed by atoms with E-state index in [1.165, 1.54) is 86.9 Å². The van der Waals surface area contributed by atoms with Crippen LogP contribution in [-0.2, 0) is 5.41 Å². The molecule has 9 rings (SSSR count). The van der Waals surface area contributed by atoms with Crippen molar-refractivity contribution in [3.8, 4) is 16.9 Å². The predicted octanol–water partition coefficient (Wildman–Crippen LogP) is 6.49. The van der Waals surface area contributed by atoms with Gasteiger partial charge in [0, 0.05) is 33.4 Å². The minimum absolute atomic E-state index is 0.0848. The first kappa shape index (κ1) is 21.2. The van der Waals surface area contributed by atoms with Gasteiger partial charge in [-0.25, -0.2) is 0 Å². The van der Waals surface area contributed by atoms with Crippen LogP contribution in [0.4, 0.5) is 11.4 Å². The molecule has 0 spiro atoms. The van der Waals surface area contributed by atoms with Crippen LogP contribution in [0.3, 0.4) is 0 Å². The quantitative estimate of drug-likeness (QED) is 0.239. The van der Waals surface area contributed by atoms with Gasteiger partial charge in [0.05, 0.1) is 11.2 Å². The molecule has 0 saturated heterocycles. The Balaban J connectivity index is 1.45. The number of aryl methyl sites for hydroxylation is 1. The van der Waals surface area contributed by atoms with E-state index in [1.807, 2.05) is 0 Å². The zero-order valence-corrected chi connectivity index (χ0v) is 22.4. The molecule has 4 aliphatic rings. The highest BCUT2D eigenvalue weighted by molar-refractivity contribution is 7.00. The van der Waals surface area contributed by atoms with Crippen LogP contribution in [0.2, 0.25) is 0 Å². The zero-order valence-electron chi connectivity index (χ0n) is 22.4. The maximum atomic E-state index is 2.82. The van der Waals surface area contributed by atoms with Gasteiger partial charge in [0.25, 0.3) is 6.71 Å².